The number of hydrogen-bond donors (Lipinski definition) is 1. The molecule has 1 amide bonds. The zero-order valence-electron chi connectivity index (χ0n) is 17.7. The van der Waals surface area contributed by atoms with Crippen LogP contribution >= 0.6 is 0 Å². The minimum Gasteiger partial charge on any atom is -0.461 e. The van der Waals surface area contributed by atoms with Gasteiger partial charge in [-0.25, -0.2) is 4.79 Å². The molecule has 0 aliphatic carbocycles. The van der Waals surface area contributed by atoms with E-state index in [1.165, 1.54) is 6.07 Å². The molecule has 0 fully saturated rings. The van der Waals surface area contributed by atoms with Crippen molar-refractivity contribution >= 4 is 28.3 Å². The molecule has 0 aliphatic rings. The second-order valence-corrected chi connectivity index (χ2v) is 7.14. The predicted molar refractivity (Wildman–Crippen MR) is 122 cm³/mol. The maximum Gasteiger partial charge on any atom is 0.360 e. The van der Waals surface area contributed by atoms with Crippen molar-refractivity contribution in [3.8, 4) is 5.69 Å². The van der Waals surface area contributed by atoms with E-state index in [-0.39, 0.29) is 18.0 Å². The Morgan fingerprint density at radius 1 is 1.00 bits per heavy atom. The van der Waals surface area contributed by atoms with Gasteiger partial charge in [-0.3, -0.25) is 9.59 Å². The molecular formula is C25H21N3O4. The molecule has 0 unspecified atom stereocenters. The lowest BCUT2D eigenvalue weighted by atomic mass is 10.0. The van der Waals surface area contributed by atoms with Crippen LogP contribution in [0.4, 0.5) is 5.69 Å². The molecule has 1 N–H and O–H groups in total. The molecule has 7 heteroatoms. The molecular weight excluding hydrogens is 406 g/mol. The number of para-hydroxylation sites is 1. The Kier molecular flexibility index (Phi) is 5.81. The number of esters is 1. The first-order valence-electron chi connectivity index (χ1n) is 10.2. The number of carbonyl (C=O) groups excluding carboxylic acids is 2. The van der Waals surface area contributed by atoms with Gasteiger partial charge in [0.1, 0.15) is 0 Å². The summed E-state index contributed by atoms with van der Waals surface area (Å²) in [7, 11) is 0. The second-order valence-electron chi connectivity index (χ2n) is 7.14. The molecule has 4 aromatic rings. The minimum absolute atomic E-state index is 0.00350. The van der Waals surface area contributed by atoms with Crippen LogP contribution in [0.3, 0.4) is 0 Å². The summed E-state index contributed by atoms with van der Waals surface area (Å²) in [4.78, 5) is 38.6. The number of aromatic nitrogens is 2. The van der Waals surface area contributed by atoms with Crippen LogP contribution in [0.5, 0.6) is 0 Å². The molecule has 0 spiro atoms. The zero-order valence-corrected chi connectivity index (χ0v) is 17.7. The van der Waals surface area contributed by atoms with E-state index in [0.717, 1.165) is 21.0 Å². The molecule has 32 heavy (non-hydrogen) atoms. The summed E-state index contributed by atoms with van der Waals surface area (Å²) in [6.07, 6.45) is 0. The molecule has 0 saturated carbocycles. The highest BCUT2D eigenvalue weighted by Gasteiger charge is 2.21. The van der Waals surface area contributed by atoms with Crippen molar-refractivity contribution in [1.82, 2.24) is 9.78 Å². The van der Waals surface area contributed by atoms with Crippen molar-refractivity contribution in [3.63, 3.8) is 0 Å². The van der Waals surface area contributed by atoms with Crippen LogP contribution in [-0.2, 0) is 4.74 Å². The Morgan fingerprint density at radius 2 is 1.72 bits per heavy atom. The number of rotatable bonds is 5. The number of nitrogens with one attached hydrogen (secondary N) is 1. The fourth-order valence-electron chi connectivity index (χ4n) is 3.49. The lowest BCUT2D eigenvalue weighted by molar-refractivity contribution is 0.0518. The average Bonchev–Trinajstić information content (AvgIpc) is 2.79. The van der Waals surface area contributed by atoms with E-state index in [1.807, 2.05) is 49.4 Å². The summed E-state index contributed by atoms with van der Waals surface area (Å²) in [6.45, 7) is 3.63. The van der Waals surface area contributed by atoms with Gasteiger partial charge in [-0.15, -0.1) is 0 Å². The Hall–Kier alpha value is -4.26. The summed E-state index contributed by atoms with van der Waals surface area (Å²) >= 11 is 0. The first-order valence-corrected chi connectivity index (χ1v) is 10.2. The van der Waals surface area contributed by atoms with Gasteiger partial charge in [-0.2, -0.15) is 9.78 Å². The van der Waals surface area contributed by atoms with Gasteiger partial charge in [0, 0.05) is 11.6 Å². The van der Waals surface area contributed by atoms with E-state index in [4.69, 9.17) is 4.74 Å². The van der Waals surface area contributed by atoms with Crippen LogP contribution in [0.25, 0.3) is 16.5 Å². The van der Waals surface area contributed by atoms with Crippen LogP contribution in [0.2, 0.25) is 0 Å². The summed E-state index contributed by atoms with van der Waals surface area (Å²) in [6, 6.07) is 21.2. The molecule has 0 atom stereocenters. The number of amides is 1. The topological polar surface area (TPSA) is 90.3 Å². The number of aryl methyl sites for hydroxylation is 1. The van der Waals surface area contributed by atoms with E-state index in [1.54, 1.807) is 31.2 Å². The number of anilines is 1. The van der Waals surface area contributed by atoms with Crippen molar-refractivity contribution < 1.29 is 14.3 Å². The van der Waals surface area contributed by atoms with E-state index in [9.17, 15) is 14.4 Å². The highest BCUT2D eigenvalue weighted by molar-refractivity contribution is 6.14. The summed E-state index contributed by atoms with van der Waals surface area (Å²) in [5.41, 5.74) is 1.13. The average molecular weight is 427 g/mol. The Bertz CT molecular complexity index is 1390. The van der Waals surface area contributed by atoms with Crippen molar-refractivity contribution in [2.24, 2.45) is 0 Å². The lowest BCUT2D eigenvalue weighted by Crippen LogP contribution is -2.27. The normalized spacial score (nSPS) is 10.7. The summed E-state index contributed by atoms with van der Waals surface area (Å²) in [5.74, 6) is -1.19. The number of benzene rings is 3. The molecule has 1 heterocycles. The monoisotopic (exact) mass is 427 g/mol. The van der Waals surface area contributed by atoms with Crippen molar-refractivity contribution in [2.45, 2.75) is 13.8 Å². The standard InChI is InChI=1S/C25H21N3O4/c1-3-32-25(31)23-20(15-22(29)28(27-23)21-14-7-4-9-16(21)2)26-24(30)19-13-8-11-17-10-5-6-12-18(17)19/h4-15H,3H2,1-2H3,(H,26,30). The third-order valence-corrected chi connectivity index (χ3v) is 5.03. The fourth-order valence-corrected chi connectivity index (χ4v) is 3.49. The predicted octanol–water partition coefficient (Wildman–Crippen LogP) is 4.12. The number of fused-ring (bicyclic) bond motifs is 1. The highest BCUT2D eigenvalue weighted by atomic mass is 16.5. The van der Waals surface area contributed by atoms with Crippen molar-refractivity contribution in [3.05, 3.63) is 100.0 Å². The second kappa shape index (κ2) is 8.85. The van der Waals surface area contributed by atoms with Crippen LogP contribution in [0.1, 0.15) is 33.3 Å². The molecule has 0 bridgehead atoms. The number of ether oxygens (including phenoxy) is 1. The smallest absolute Gasteiger partial charge is 0.360 e. The molecule has 7 nitrogen and oxygen atoms in total. The maximum absolute atomic E-state index is 13.1. The van der Waals surface area contributed by atoms with Crippen LogP contribution in [-0.4, -0.2) is 28.3 Å². The van der Waals surface area contributed by atoms with Crippen molar-refractivity contribution in [1.29, 1.82) is 0 Å². The van der Waals surface area contributed by atoms with Gasteiger partial charge in [0.25, 0.3) is 11.5 Å². The van der Waals surface area contributed by atoms with E-state index in [0.29, 0.717) is 11.3 Å². The molecule has 0 aliphatic heterocycles. The number of hydrogen-bond acceptors (Lipinski definition) is 5. The Balaban J connectivity index is 1.80. The fraction of sp³-hybridized carbons (Fsp3) is 0.120. The molecule has 4 rings (SSSR count). The largest absolute Gasteiger partial charge is 0.461 e. The van der Waals surface area contributed by atoms with Crippen LogP contribution < -0.4 is 10.9 Å². The Morgan fingerprint density at radius 3 is 2.50 bits per heavy atom. The molecule has 3 aromatic carbocycles. The molecule has 1 aromatic heterocycles. The zero-order chi connectivity index (χ0) is 22.7. The third kappa shape index (κ3) is 4.00. The van der Waals surface area contributed by atoms with E-state index < -0.39 is 17.4 Å². The van der Waals surface area contributed by atoms with Gasteiger partial charge in [0.05, 0.1) is 18.0 Å². The SMILES string of the molecule is CCOC(=O)c1nn(-c2ccccc2C)c(=O)cc1NC(=O)c1cccc2ccccc12. The molecule has 0 saturated heterocycles. The number of nitrogens with zero attached hydrogens (tertiary/aromatic N) is 2. The summed E-state index contributed by atoms with van der Waals surface area (Å²) < 4.78 is 6.25. The van der Waals surface area contributed by atoms with Gasteiger partial charge in [0.15, 0.2) is 5.69 Å². The molecule has 160 valence electrons. The van der Waals surface area contributed by atoms with Gasteiger partial charge in [-0.05, 0) is 42.3 Å². The lowest BCUT2D eigenvalue weighted by Gasteiger charge is -2.14. The first kappa shape index (κ1) is 21.0. The maximum atomic E-state index is 13.1. The van der Waals surface area contributed by atoms with E-state index >= 15 is 0 Å². The minimum atomic E-state index is -0.733. The van der Waals surface area contributed by atoms with Gasteiger partial charge < -0.3 is 10.1 Å². The van der Waals surface area contributed by atoms with Crippen LogP contribution in [0.15, 0.2) is 77.6 Å². The first-order chi connectivity index (χ1) is 15.5. The van der Waals surface area contributed by atoms with E-state index in [2.05, 4.69) is 10.4 Å². The van der Waals surface area contributed by atoms with Crippen LogP contribution in [0, 0.1) is 6.92 Å². The Labute approximate surface area is 184 Å². The van der Waals surface area contributed by atoms with Gasteiger partial charge in [-0.1, -0.05) is 54.6 Å². The third-order valence-electron chi connectivity index (χ3n) is 5.03. The quantitative estimate of drug-likeness (QED) is 0.484. The van der Waals surface area contributed by atoms with Gasteiger partial charge in [0.2, 0.25) is 0 Å². The number of carbonyl (C=O) groups is 2. The van der Waals surface area contributed by atoms with Gasteiger partial charge >= 0.3 is 5.97 Å². The highest BCUT2D eigenvalue weighted by Crippen LogP contribution is 2.21. The molecule has 0 radical (unpaired) electrons. The van der Waals surface area contributed by atoms with Crippen molar-refractivity contribution in [2.75, 3.05) is 11.9 Å². The summed E-state index contributed by atoms with van der Waals surface area (Å²) in [5, 5.41) is 8.58.